The van der Waals surface area contributed by atoms with Crippen molar-refractivity contribution in [1.29, 1.82) is 0 Å². The first-order valence-electron chi connectivity index (χ1n) is 3.55. The number of hydrogen-bond donors (Lipinski definition) is 1. The van der Waals surface area contributed by atoms with Crippen LogP contribution in [0.25, 0.3) is 5.52 Å². The molecule has 0 aliphatic heterocycles. The van der Waals surface area contributed by atoms with Crippen LogP contribution in [0, 0.1) is 0 Å². The number of nitrogens with zero attached hydrogens (tertiary/aromatic N) is 2. The summed E-state index contributed by atoms with van der Waals surface area (Å²) < 4.78 is 2.30. The van der Waals surface area contributed by atoms with Gasteiger partial charge in [0, 0.05) is 6.20 Å². The van der Waals surface area contributed by atoms with Crippen LogP contribution in [0.5, 0.6) is 0 Å². The van der Waals surface area contributed by atoms with Crippen LogP contribution in [0.2, 0.25) is 0 Å². The Kier molecular flexibility index (Phi) is 1.81. The summed E-state index contributed by atoms with van der Waals surface area (Å²) >= 11 is 3.21. The lowest BCUT2D eigenvalue weighted by Gasteiger charge is -1.94. The smallest absolute Gasteiger partial charge is 0.335 e. The summed E-state index contributed by atoms with van der Waals surface area (Å²) in [5, 5.41) is 12.8. The molecule has 0 aliphatic rings. The van der Waals surface area contributed by atoms with Crippen molar-refractivity contribution in [3.8, 4) is 0 Å². The summed E-state index contributed by atoms with van der Waals surface area (Å²) in [6.07, 6.45) is 1.61. The maximum atomic E-state index is 10.6. The van der Waals surface area contributed by atoms with E-state index in [4.69, 9.17) is 5.11 Å². The molecular weight excluding hydrogens is 236 g/mol. The van der Waals surface area contributed by atoms with E-state index in [1.807, 2.05) is 0 Å². The van der Waals surface area contributed by atoms with Gasteiger partial charge in [0.25, 0.3) is 0 Å². The molecule has 1 N–H and O–H groups in total. The molecule has 0 saturated carbocycles. The molecule has 66 valence electrons. The number of rotatable bonds is 1. The van der Waals surface area contributed by atoms with Crippen LogP contribution in [0.4, 0.5) is 0 Å². The zero-order valence-corrected chi connectivity index (χ0v) is 8.02. The first-order chi connectivity index (χ1) is 6.16. The summed E-state index contributed by atoms with van der Waals surface area (Å²) in [6.45, 7) is 0. The Morgan fingerprint density at radius 2 is 2.31 bits per heavy atom. The molecule has 13 heavy (non-hydrogen) atoms. The summed E-state index contributed by atoms with van der Waals surface area (Å²) in [7, 11) is 0. The fraction of sp³-hybridized carbons (Fsp3) is 0. The van der Waals surface area contributed by atoms with Crippen molar-refractivity contribution in [2.75, 3.05) is 0 Å². The number of carboxylic acid groups (broad SMARTS) is 1. The predicted molar refractivity (Wildman–Crippen MR) is 49.9 cm³/mol. The third kappa shape index (κ3) is 1.42. The summed E-state index contributed by atoms with van der Waals surface area (Å²) in [4.78, 5) is 10.6. The average molecular weight is 241 g/mol. The lowest BCUT2D eigenvalue weighted by molar-refractivity contribution is 0.0697. The lowest BCUT2D eigenvalue weighted by Crippen LogP contribution is -1.97. The fourth-order valence-corrected chi connectivity index (χ4v) is 1.50. The van der Waals surface area contributed by atoms with Gasteiger partial charge < -0.3 is 5.11 Å². The van der Waals surface area contributed by atoms with E-state index in [2.05, 4.69) is 21.0 Å². The van der Waals surface area contributed by atoms with E-state index in [1.54, 1.807) is 22.8 Å². The summed E-state index contributed by atoms with van der Waals surface area (Å²) in [6, 6.07) is 4.83. The molecule has 2 rings (SSSR count). The standard InChI is InChI=1S/C8H5BrN2O2/c9-7-4-6-3-5(8(12)13)1-2-11(6)10-7/h1-4H,(H,12,13). The van der Waals surface area contributed by atoms with Gasteiger partial charge in [-0.1, -0.05) is 0 Å². The van der Waals surface area contributed by atoms with Crippen molar-refractivity contribution in [2.24, 2.45) is 0 Å². The van der Waals surface area contributed by atoms with Gasteiger partial charge in [-0.3, -0.25) is 0 Å². The summed E-state index contributed by atoms with van der Waals surface area (Å²) in [5.74, 6) is -0.931. The van der Waals surface area contributed by atoms with Gasteiger partial charge in [0.2, 0.25) is 0 Å². The van der Waals surface area contributed by atoms with E-state index in [0.29, 0.717) is 4.60 Å². The molecule has 2 heterocycles. The molecule has 0 saturated heterocycles. The molecular formula is C8H5BrN2O2. The van der Waals surface area contributed by atoms with Crippen molar-refractivity contribution in [1.82, 2.24) is 9.61 Å². The SMILES string of the molecule is O=C(O)c1ccn2nc(Br)cc2c1. The predicted octanol–water partition coefficient (Wildman–Crippen LogP) is 1.79. The van der Waals surface area contributed by atoms with Crippen LogP contribution < -0.4 is 0 Å². The molecule has 0 unspecified atom stereocenters. The zero-order valence-electron chi connectivity index (χ0n) is 6.44. The van der Waals surface area contributed by atoms with Gasteiger partial charge in [0.15, 0.2) is 0 Å². The van der Waals surface area contributed by atoms with E-state index in [0.717, 1.165) is 5.52 Å². The number of halogens is 1. The van der Waals surface area contributed by atoms with E-state index in [9.17, 15) is 4.79 Å². The molecule has 4 nitrogen and oxygen atoms in total. The molecule has 0 bridgehead atoms. The minimum Gasteiger partial charge on any atom is -0.478 e. The van der Waals surface area contributed by atoms with Crippen LogP contribution in [-0.2, 0) is 0 Å². The van der Waals surface area contributed by atoms with Crippen LogP contribution >= 0.6 is 15.9 Å². The monoisotopic (exact) mass is 240 g/mol. The number of carbonyl (C=O) groups is 1. The topological polar surface area (TPSA) is 54.6 Å². The van der Waals surface area contributed by atoms with Crippen molar-refractivity contribution in [3.05, 3.63) is 34.6 Å². The number of hydrogen-bond acceptors (Lipinski definition) is 2. The maximum Gasteiger partial charge on any atom is 0.335 e. The fourth-order valence-electron chi connectivity index (χ4n) is 1.10. The first-order valence-corrected chi connectivity index (χ1v) is 4.34. The molecule has 0 aromatic carbocycles. The van der Waals surface area contributed by atoms with E-state index in [-0.39, 0.29) is 5.56 Å². The molecule has 2 aromatic rings. The Balaban J connectivity index is 2.67. The highest BCUT2D eigenvalue weighted by atomic mass is 79.9. The Labute approximate surface area is 81.9 Å². The van der Waals surface area contributed by atoms with Crippen molar-refractivity contribution in [2.45, 2.75) is 0 Å². The second-order valence-electron chi connectivity index (χ2n) is 2.56. The molecule has 5 heteroatoms. The van der Waals surface area contributed by atoms with Gasteiger partial charge in [-0.05, 0) is 34.1 Å². The Bertz CT molecular complexity index is 478. The largest absolute Gasteiger partial charge is 0.478 e. The second-order valence-corrected chi connectivity index (χ2v) is 3.37. The molecule has 0 atom stereocenters. The molecule has 2 aromatic heterocycles. The number of carboxylic acids is 1. The molecule has 0 radical (unpaired) electrons. The third-order valence-corrected chi connectivity index (χ3v) is 2.07. The van der Waals surface area contributed by atoms with E-state index in [1.165, 1.54) is 6.07 Å². The quantitative estimate of drug-likeness (QED) is 0.828. The minimum absolute atomic E-state index is 0.264. The van der Waals surface area contributed by atoms with Gasteiger partial charge in [-0.2, -0.15) is 5.10 Å². The zero-order chi connectivity index (χ0) is 9.42. The number of aromatic nitrogens is 2. The van der Waals surface area contributed by atoms with Crippen LogP contribution in [-0.4, -0.2) is 20.7 Å². The highest BCUT2D eigenvalue weighted by Gasteiger charge is 2.04. The molecule has 0 amide bonds. The van der Waals surface area contributed by atoms with Crippen LogP contribution in [0.15, 0.2) is 29.0 Å². The van der Waals surface area contributed by atoms with Gasteiger partial charge in [-0.25, -0.2) is 9.31 Å². The maximum absolute atomic E-state index is 10.6. The Morgan fingerprint density at radius 3 is 3.00 bits per heavy atom. The third-order valence-electron chi connectivity index (χ3n) is 1.68. The van der Waals surface area contributed by atoms with Crippen LogP contribution in [0.1, 0.15) is 10.4 Å². The Hall–Kier alpha value is -1.36. The van der Waals surface area contributed by atoms with E-state index < -0.39 is 5.97 Å². The van der Waals surface area contributed by atoms with Gasteiger partial charge >= 0.3 is 5.97 Å². The minimum atomic E-state index is -0.931. The first kappa shape index (κ1) is 8.25. The number of fused-ring (bicyclic) bond motifs is 1. The molecule has 0 spiro atoms. The average Bonchev–Trinajstić information content (AvgIpc) is 2.42. The molecule has 0 aliphatic carbocycles. The lowest BCUT2D eigenvalue weighted by atomic mass is 10.2. The number of pyridine rings is 1. The van der Waals surface area contributed by atoms with Gasteiger partial charge in [-0.15, -0.1) is 0 Å². The van der Waals surface area contributed by atoms with Crippen molar-refractivity contribution < 1.29 is 9.90 Å². The highest BCUT2D eigenvalue weighted by Crippen LogP contribution is 2.13. The molecule has 0 fully saturated rings. The van der Waals surface area contributed by atoms with Gasteiger partial charge in [0.1, 0.15) is 4.60 Å². The van der Waals surface area contributed by atoms with Gasteiger partial charge in [0.05, 0.1) is 11.1 Å². The summed E-state index contributed by atoms with van der Waals surface area (Å²) in [5.41, 5.74) is 1.02. The van der Waals surface area contributed by atoms with E-state index >= 15 is 0 Å². The van der Waals surface area contributed by atoms with Crippen molar-refractivity contribution >= 4 is 27.4 Å². The normalized spacial score (nSPS) is 10.5. The van der Waals surface area contributed by atoms with Crippen LogP contribution in [0.3, 0.4) is 0 Å². The highest BCUT2D eigenvalue weighted by molar-refractivity contribution is 9.10. The number of aromatic carboxylic acids is 1. The second kappa shape index (κ2) is 2.85. The Morgan fingerprint density at radius 1 is 1.54 bits per heavy atom. The van der Waals surface area contributed by atoms with Crippen molar-refractivity contribution in [3.63, 3.8) is 0 Å².